The molecular formula is C12H11BrN2O2. The molecule has 5 heteroatoms. The number of nitrogens with zero attached hydrogens (tertiary/aromatic N) is 2. The van der Waals surface area contributed by atoms with Gasteiger partial charge in [0.25, 0.3) is 5.56 Å². The SMILES string of the molecule is COc1ccc(-c2ncn(C)c(=O)c2Br)cc1. The summed E-state index contributed by atoms with van der Waals surface area (Å²) in [6.07, 6.45) is 1.51. The normalized spacial score (nSPS) is 10.3. The van der Waals surface area contributed by atoms with E-state index in [1.807, 2.05) is 24.3 Å². The molecule has 0 radical (unpaired) electrons. The standard InChI is InChI=1S/C12H11BrN2O2/c1-15-7-14-11(10(13)12(15)16)8-3-5-9(17-2)6-4-8/h3-7H,1-2H3. The average Bonchev–Trinajstić information content (AvgIpc) is 2.36. The summed E-state index contributed by atoms with van der Waals surface area (Å²) < 4.78 is 6.97. The van der Waals surface area contributed by atoms with Crippen LogP contribution >= 0.6 is 15.9 Å². The number of aromatic nitrogens is 2. The molecule has 0 amide bonds. The van der Waals surface area contributed by atoms with Crippen LogP contribution in [0.4, 0.5) is 0 Å². The Morgan fingerprint density at radius 3 is 2.53 bits per heavy atom. The summed E-state index contributed by atoms with van der Waals surface area (Å²) in [7, 11) is 3.28. The molecular weight excluding hydrogens is 284 g/mol. The van der Waals surface area contributed by atoms with Crippen LogP contribution in [0.1, 0.15) is 0 Å². The van der Waals surface area contributed by atoms with Crippen LogP contribution in [0.2, 0.25) is 0 Å². The molecule has 0 saturated carbocycles. The number of halogens is 1. The zero-order valence-electron chi connectivity index (χ0n) is 9.48. The van der Waals surface area contributed by atoms with E-state index >= 15 is 0 Å². The Bertz CT molecular complexity index is 590. The van der Waals surface area contributed by atoms with E-state index in [1.165, 1.54) is 10.9 Å². The summed E-state index contributed by atoms with van der Waals surface area (Å²) in [6.45, 7) is 0. The third-order valence-electron chi connectivity index (χ3n) is 2.44. The lowest BCUT2D eigenvalue weighted by molar-refractivity contribution is 0.415. The van der Waals surface area contributed by atoms with Crippen LogP contribution in [0.3, 0.4) is 0 Å². The van der Waals surface area contributed by atoms with Gasteiger partial charge in [-0.15, -0.1) is 0 Å². The minimum atomic E-state index is -0.106. The van der Waals surface area contributed by atoms with Crippen molar-refractivity contribution in [3.8, 4) is 17.0 Å². The fourth-order valence-electron chi connectivity index (χ4n) is 1.46. The van der Waals surface area contributed by atoms with Crippen molar-refractivity contribution in [2.75, 3.05) is 7.11 Å². The van der Waals surface area contributed by atoms with E-state index in [9.17, 15) is 4.79 Å². The van der Waals surface area contributed by atoms with Crippen molar-refractivity contribution in [3.63, 3.8) is 0 Å². The second-order valence-electron chi connectivity index (χ2n) is 3.55. The van der Waals surface area contributed by atoms with Crippen LogP contribution in [0, 0.1) is 0 Å². The van der Waals surface area contributed by atoms with E-state index in [0.29, 0.717) is 10.2 Å². The van der Waals surface area contributed by atoms with Gasteiger partial charge in [-0.2, -0.15) is 0 Å². The molecule has 1 heterocycles. The summed E-state index contributed by atoms with van der Waals surface area (Å²) in [5.74, 6) is 0.772. The Morgan fingerprint density at radius 2 is 1.94 bits per heavy atom. The Balaban J connectivity index is 2.53. The lowest BCUT2D eigenvalue weighted by Crippen LogP contribution is -2.18. The average molecular weight is 295 g/mol. The molecule has 1 aromatic heterocycles. The molecule has 0 aliphatic heterocycles. The lowest BCUT2D eigenvalue weighted by atomic mass is 10.1. The molecule has 4 nitrogen and oxygen atoms in total. The first kappa shape index (κ1) is 11.9. The molecule has 1 aromatic carbocycles. The van der Waals surface area contributed by atoms with Gasteiger partial charge in [-0.25, -0.2) is 4.98 Å². The van der Waals surface area contributed by atoms with Gasteiger partial charge in [-0.1, -0.05) is 0 Å². The van der Waals surface area contributed by atoms with Gasteiger partial charge in [0, 0.05) is 12.6 Å². The van der Waals surface area contributed by atoms with Crippen LogP contribution in [-0.4, -0.2) is 16.7 Å². The molecule has 0 N–H and O–H groups in total. The summed E-state index contributed by atoms with van der Waals surface area (Å²) in [4.78, 5) is 16.0. The number of aryl methyl sites for hydroxylation is 1. The van der Waals surface area contributed by atoms with Crippen LogP contribution in [0.25, 0.3) is 11.3 Å². The van der Waals surface area contributed by atoms with Gasteiger partial charge < -0.3 is 9.30 Å². The highest BCUT2D eigenvalue weighted by molar-refractivity contribution is 9.10. The van der Waals surface area contributed by atoms with Crippen LogP contribution in [0.15, 0.2) is 39.9 Å². The quantitative estimate of drug-likeness (QED) is 0.853. The summed E-state index contributed by atoms with van der Waals surface area (Å²) in [5, 5.41) is 0. The first-order valence-corrected chi connectivity index (χ1v) is 5.78. The van der Waals surface area contributed by atoms with E-state index in [0.717, 1.165) is 11.3 Å². The van der Waals surface area contributed by atoms with Gasteiger partial charge >= 0.3 is 0 Å². The third-order valence-corrected chi connectivity index (χ3v) is 3.15. The number of ether oxygens (including phenoxy) is 1. The summed E-state index contributed by atoms with van der Waals surface area (Å²) in [6, 6.07) is 7.40. The summed E-state index contributed by atoms with van der Waals surface area (Å²) >= 11 is 3.28. The van der Waals surface area contributed by atoms with Gasteiger partial charge in [-0.05, 0) is 40.2 Å². The second-order valence-corrected chi connectivity index (χ2v) is 4.34. The maximum atomic E-state index is 11.7. The number of hydrogen-bond donors (Lipinski definition) is 0. The Labute approximate surface area is 107 Å². The monoisotopic (exact) mass is 294 g/mol. The van der Waals surface area contributed by atoms with Crippen molar-refractivity contribution in [3.05, 3.63) is 45.4 Å². The number of benzene rings is 1. The fourth-order valence-corrected chi connectivity index (χ4v) is 2.07. The number of rotatable bonds is 2. The topological polar surface area (TPSA) is 44.1 Å². The highest BCUT2D eigenvalue weighted by atomic mass is 79.9. The van der Waals surface area contributed by atoms with Crippen LogP contribution in [-0.2, 0) is 7.05 Å². The highest BCUT2D eigenvalue weighted by Crippen LogP contribution is 2.24. The molecule has 0 spiro atoms. The molecule has 0 aliphatic rings. The van der Waals surface area contributed by atoms with E-state index in [-0.39, 0.29) is 5.56 Å². The minimum absolute atomic E-state index is 0.106. The van der Waals surface area contributed by atoms with Gasteiger partial charge in [0.1, 0.15) is 10.2 Å². The molecule has 88 valence electrons. The summed E-state index contributed by atoms with van der Waals surface area (Å²) in [5.41, 5.74) is 1.40. The zero-order valence-corrected chi connectivity index (χ0v) is 11.1. The van der Waals surface area contributed by atoms with E-state index in [2.05, 4.69) is 20.9 Å². The predicted octanol–water partition coefficient (Wildman–Crippen LogP) is 2.22. The van der Waals surface area contributed by atoms with Crippen molar-refractivity contribution in [2.24, 2.45) is 7.05 Å². The van der Waals surface area contributed by atoms with Gasteiger partial charge in [0.05, 0.1) is 19.1 Å². The lowest BCUT2D eigenvalue weighted by Gasteiger charge is -2.06. The molecule has 2 aromatic rings. The largest absolute Gasteiger partial charge is 0.497 e. The van der Waals surface area contributed by atoms with Gasteiger partial charge in [0.2, 0.25) is 0 Å². The molecule has 0 aliphatic carbocycles. The Kier molecular flexibility index (Phi) is 3.28. The third kappa shape index (κ3) is 2.24. The van der Waals surface area contributed by atoms with E-state index in [4.69, 9.17) is 4.74 Å². The molecule has 0 atom stereocenters. The molecule has 0 saturated heterocycles. The molecule has 17 heavy (non-hydrogen) atoms. The van der Waals surface area contributed by atoms with Crippen molar-refractivity contribution in [1.82, 2.24) is 9.55 Å². The Morgan fingerprint density at radius 1 is 1.29 bits per heavy atom. The van der Waals surface area contributed by atoms with Crippen molar-refractivity contribution < 1.29 is 4.74 Å². The molecule has 0 bridgehead atoms. The van der Waals surface area contributed by atoms with Gasteiger partial charge in [-0.3, -0.25) is 4.79 Å². The predicted molar refractivity (Wildman–Crippen MR) is 69.2 cm³/mol. The maximum Gasteiger partial charge on any atom is 0.267 e. The Hall–Kier alpha value is -1.62. The molecule has 0 fully saturated rings. The fraction of sp³-hybridized carbons (Fsp3) is 0.167. The smallest absolute Gasteiger partial charge is 0.267 e. The number of hydrogen-bond acceptors (Lipinski definition) is 3. The van der Waals surface area contributed by atoms with Crippen LogP contribution < -0.4 is 10.3 Å². The van der Waals surface area contributed by atoms with Crippen LogP contribution in [0.5, 0.6) is 5.75 Å². The molecule has 2 rings (SSSR count). The number of methoxy groups -OCH3 is 1. The van der Waals surface area contributed by atoms with E-state index in [1.54, 1.807) is 14.2 Å². The van der Waals surface area contributed by atoms with Crippen molar-refractivity contribution in [2.45, 2.75) is 0 Å². The van der Waals surface area contributed by atoms with Gasteiger partial charge in [0.15, 0.2) is 0 Å². The van der Waals surface area contributed by atoms with Crippen molar-refractivity contribution >= 4 is 15.9 Å². The zero-order chi connectivity index (χ0) is 12.4. The minimum Gasteiger partial charge on any atom is -0.497 e. The first-order chi connectivity index (χ1) is 8.13. The first-order valence-electron chi connectivity index (χ1n) is 4.99. The van der Waals surface area contributed by atoms with E-state index < -0.39 is 0 Å². The van der Waals surface area contributed by atoms with Crippen molar-refractivity contribution in [1.29, 1.82) is 0 Å². The second kappa shape index (κ2) is 4.71. The maximum absolute atomic E-state index is 11.7. The highest BCUT2D eigenvalue weighted by Gasteiger charge is 2.09. The molecule has 0 unspecified atom stereocenters.